The molecule has 0 aliphatic heterocycles. The molecule has 0 saturated carbocycles. The number of aliphatic hydroxyl groups excluding tert-OH is 3. The van der Waals surface area contributed by atoms with Gasteiger partial charge in [-0.15, -0.1) is 0 Å². The van der Waals surface area contributed by atoms with E-state index >= 15 is 0 Å². The first-order valence-electron chi connectivity index (χ1n) is 5.17. The lowest BCUT2D eigenvalue weighted by molar-refractivity contribution is -0.0550. The van der Waals surface area contributed by atoms with Gasteiger partial charge in [-0.2, -0.15) is 8.78 Å². The topological polar surface area (TPSA) is 69.9 Å². The third kappa shape index (κ3) is 3.59. The molecule has 0 radical (unpaired) electrons. The maximum absolute atomic E-state index is 13.5. The quantitative estimate of drug-likeness (QED) is 0.723. The van der Waals surface area contributed by atoms with E-state index in [-0.39, 0.29) is 6.42 Å². The molecule has 0 bridgehead atoms. The van der Waals surface area contributed by atoms with Crippen LogP contribution in [0.25, 0.3) is 0 Å². The van der Waals surface area contributed by atoms with Crippen molar-refractivity contribution in [2.45, 2.75) is 25.2 Å². The fraction of sp³-hybridized carbons (Fsp3) is 0.455. The molecule has 0 fully saturated rings. The van der Waals surface area contributed by atoms with Crippen molar-refractivity contribution in [1.29, 1.82) is 0 Å². The summed E-state index contributed by atoms with van der Waals surface area (Å²) in [5.74, 6) is -1.52. The average molecular weight is 266 g/mol. The highest BCUT2D eigenvalue weighted by Crippen LogP contribution is 2.31. The van der Waals surface area contributed by atoms with Crippen molar-refractivity contribution in [2.75, 3.05) is 6.61 Å². The second kappa shape index (κ2) is 6.58. The fourth-order valence-corrected chi connectivity index (χ4v) is 1.49. The van der Waals surface area contributed by atoms with Gasteiger partial charge in [0.05, 0.1) is 11.7 Å². The van der Waals surface area contributed by atoms with Gasteiger partial charge in [-0.25, -0.2) is 4.39 Å². The Labute approximate surface area is 101 Å². The van der Waals surface area contributed by atoms with E-state index in [1.807, 2.05) is 0 Å². The number of aliphatic hydroxyl groups is 3. The minimum Gasteiger partial charge on any atom is -0.434 e. The molecular weight excluding hydrogens is 253 g/mol. The summed E-state index contributed by atoms with van der Waals surface area (Å²) in [6, 6.07) is 3.14. The SMILES string of the molecule is OCCC(O)C(O)c1c(F)cccc1OC(F)F. The Morgan fingerprint density at radius 3 is 2.44 bits per heavy atom. The van der Waals surface area contributed by atoms with E-state index in [9.17, 15) is 23.4 Å². The molecule has 0 spiro atoms. The number of rotatable bonds is 6. The predicted octanol–water partition coefficient (Wildman–Crippen LogP) is 1.20. The summed E-state index contributed by atoms with van der Waals surface area (Å²) in [5.41, 5.74) is -0.557. The first-order chi connectivity index (χ1) is 8.47. The van der Waals surface area contributed by atoms with Gasteiger partial charge in [-0.1, -0.05) is 6.07 Å². The molecule has 0 heterocycles. The van der Waals surface area contributed by atoms with Crippen LogP contribution in [0.5, 0.6) is 5.75 Å². The summed E-state index contributed by atoms with van der Waals surface area (Å²) < 4.78 is 41.8. The number of benzene rings is 1. The van der Waals surface area contributed by atoms with Crippen molar-refractivity contribution >= 4 is 0 Å². The molecule has 2 unspecified atom stereocenters. The van der Waals surface area contributed by atoms with Gasteiger partial charge in [-0.05, 0) is 18.6 Å². The average Bonchev–Trinajstić information content (AvgIpc) is 2.28. The molecule has 0 amide bonds. The molecule has 0 saturated heterocycles. The Morgan fingerprint density at radius 1 is 1.22 bits per heavy atom. The Hall–Kier alpha value is -1.31. The maximum Gasteiger partial charge on any atom is 0.387 e. The number of halogens is 3. The van der Waals surface area contributed by atoms with Crippen molar-refractivity contribution in [3.05, 3.63) is 29.6 Å². The van der Waals surface area contributed by atoms with Crippen molar-refractivity contribution in [1.82, 2.24) is 0 Å². The molecule has 7 heteroatoms. The molecule has 4 nitrogen and oxygen atoms in total. The molecule has 1 rings (SSSR count). The van der Waals surface area contributed by atoms with Gasteiger partial charge in [0.1, 0.15) is 17.7 Å². The number of ether oxygens (including phenoxy) is 1. The molecule has 1 aromatic carbocycles. The first-order valence-corrected chi connectivity index (χ1v) is 5.17. The lowest BCUT2D eigenvalue weighted by Crippen LogP contribution is -2.21. The van der Waals surface area contributed by atoms with Crippen LogP contribution in [0.3, 0.4) is 0 Å². The molecule has 0 aliphatic carbocycles. The first kappa shape index (κ1) is 14.7. The minimum atomic E-state index is -3.17. The lowest BCUT2D eigenvalue weighted by Gasteiger charge is -2.20. The normalized spacial score (nSPS) is 14.6. The summed E-state index contributed by atoms with van der Waals surface area (Å²) in [6.45, 7) is -3.61. The molecule has 0 aromatic heterocycles. The summed E-state index contributed by atoms with van der Waals surface area (Å²) in [7, 11) is 0. The zero-order chi connectivity index (χ0) is 13.7. The highest BCUT2D eigenvalue weighted by molar-refractivity contribution is 5.37. The van der Waals surface area contributed by atoms with Crippen LogP contribution in [-0.2, 0) is 0 Å². The minimum absolute atomic E-state index is 0.219. The third-order valence-corrected chi connectivity index (χ3v) is 2.31. The summed E-state index contributed by atoms with van der Waals surface area (Å²) in [5, 5.41) is 27.7. The number of hydrogen-bond acceptors (Lipinski definition) is 4. The fourth-order valence-electron chi connectivity index (χ4n) is 1.49. The van der Waals surface area contributed by atoms with Crippen LogP contribution >= 0.6 is 0 Å². The molecule has 2 atom stereocenters. The second-order valence-corrected chi connectivity index (χ2v) is 3.55. The largest absolute Gasteiger partial charge is 0.434 e. The van der Waals surface area contributed by atoms with Crippen molar-refractivity contribution in [2.24, 2.45) is 0 Å². The van der Waals surface area contributed by atoms with Crippen molar-refractivity contribution in [3.8, 4) is 5.75 Å². The van der Waals surface area contributed by atoms with E-state index < -0.39 is 42.6 Å². The smallest absolute Gasteiger partial charge is 0.387 e. The zero-order valence-corrected chi connectivity index (χ0v) is 9.26. The van der Waals surface area contributed by atoms with Crippen LogP contribution in [0.2, 0.25) is 0 Å². The Balaban J connectivity index is 3.04. The Kier molecular flexibility index (Phi) is 5.39. The van der Waals surface area contributed by atoms with Gasteiger partial charge in [0.15, 0.2) is 0 Å². The monoisotopic (exact) mass is 266 g/mol. The Morgan fingerprint density at radius 2 is 1.89 bits per heavy atom. The van der Waals surface area contributed by atoms with Crippen molar-refractivity contribution < 1.29 is 33.2 Å². The van der Waals surface area contributed by atoms with Crippen LogP contribution < -0.4 is 4.74 Å². The van der Waals surface area contributed by atoms with Gasteiger partial charge in [-0.3, -0.25) is 0 Å². The van der Waals surface area contributed by atoms with E-state index in [1.54, 1.807) is 0 Å². The molecular formula is C11H13F3O4. The molecule has 0 aliphatic rings. The van der Waals surface area contributed by atoms with Gasteiger partial charge in [0.2, 0.25) is 0 Å². The molecule has 18 heavy (non-hydrogen) atoms. The lowest BCUT2D eigenvalue weighted by atomic mass is 10.0. The van der Waals surface area contributed by atoms with Gasteiger partial charge >= 0.3 is 6.61 Å². The third-order valence-electron chi connectivity index (χ3n) is 2.31. The summed E-state index contributed by atoms with van der Waals surface area (Å²) >= 11 is 0. The summed E-state index contributed by atoms with van der Waals surface area (Å²) in [4.78, 5) is 0. The Bertz CT molecular complexity index is 387. The standard InChI is InChI=1S/C11H13F3O4/c12-6-2-1-3-8(18-11(13)14)9(6)10(17)7(16)4-5-15/h1-3,7,10-11,15-17H,4-5H2. The highest BCUT2D eigenvalue weighted by Gasteiger charge is 2.26. The summed E-state index contributed by atoms with van der Waals surface area (Å²) in [6.07, 6.45) is -3.46. The zero-order valence-electron chi connectivity index (χ0n) is 9.26. The van der Waals surface area contributed by atoms with Gasteiger partial charge in [0, 0.05) is 6.61 Å². The van der Waals surface area contributed by atoms with E-state index in [0.29, 0.717) is 0 Å². The van der Waals surface area contributed by atoms with Crippen LogP contribution in [0, 0.1) is 5.82 Å². The van der Waals surface area contributed by atoms with E-state index in [1.165, 1.54) is 0 Å². The van der Waals surface area contributed by atoms with Crippen LogP contribution in [0.4, 0.5) is 13.2 Å². The van der Waals surface area contributed by atoms with Gasteiger partial charge < -0.3 is 20.1 Å². The van der Waals surface area contributed by atoms with Crippen LogP contribution in [-0.4, -0.2) is 34.6 Å². The van der Waals surface area contributed by atoms with E-state index in [0.717, 1.165) is 18.2 Å². The van der Waals surface area contributed by atoms with Gasteiger partial charge in [0.25, 0.3) is 0 Å². The number of hydrogen-bond donors (Lipinski definition) is 3. The maximum atomic E-state index is 13.5. The predicted molar refractivity (Wildman–Crippen MR) is 55.7 cm³/mol. The van der Waals surface area contributed by atoms with E-state index in [2.05, 4.69) is 4.74 Å². The molecule has 3 N–H and O–H groups in total. The highest BCUT2D eigenvalue weighted by atomic mass is 19.3. The van der Waals surface area contributed by atoms with Crippen LogP contribution in [0.1, 0.15) is 18.1 Å². The second-order valence-electron chi connectivity index (χ2n) is 3.55. The molecule has 102 valence electrons. The van der Waals surface area contributed by atoms with Crippen molar-refractivity contribution in [3.63, 3.8) is 0 Å². The molecule has 1 aromatic rings. The van der Waals surface area contributed by atoms with E-state index in [4.69, 9.17) is 5.11 Å². The number of alkyl halides is 2. The van der Waals surface area contributed by atoms with Crippen LogP contribution in [0.15, 0.2) is 18.2 Å².